The van der Waals surface area contributed by atoms with Crippen LogP contribution in [0.2, 0.25) is 0 Å². The molecule has 2 N–H and O–H groups in total. The summed E-state index contributed by atoms with van der Waals surface area (Å²) < 4.78 is 0. The van der Waals surface area contributed by atoms with E-state index in [1.54, 1.807) is 0 Å². The third kappa shape index (κ3) is 4.45. The van der Waals surface area contributed by atoms with E-state index in [1.807, 2.05) is 0 Å². The lowest BCUT2D eigenvalue weighted by atomic mass is 9.78. The van der Waals surface area contributed by atoms with Crippen molar-refractivity contribution in [1.82, 2.24) is 4.90 Å². The molecule has 0 aromatic rings. The van der Waals surface area contributed by atoms with Crippen LogP contribution in [0.1, 0.15) is 57.8 Å². The van der Waals surface area contributed by atoms with Gasteiger partial charge in [-0.25, -0.2) is 0 Å². The standard InChI is InChI=1S/C16H29NO3/c1-17(11-13-5-3-2-4-6-13)12-16(20)9-7-14(8-10-16)15(18)19/h13-14,20H,2-12H2,1H3,(H,18,19). The molecule has 2 aliphatic rings. The van der Waals surface area contributed by atoms with E-state index in [-0.39, 0.29) is 5.92 Å². The maximum absolute atomic E-state index is 11.0. The molecule has 0 aromatic heterocycles. The Morgan fingerprint density at radius 1 is 1.15 bits per heavy atom. The first-order chi connectivity index (χ1) is 9.48. The third-order valence-corrected chi connectivity index (χ3v) is 5.12. The molecular weight excluding hydrogens is 254 g/mol. The molecular formula is C16H29NO3. The van der Waals surface area contributed by atoms with Crippen LogP contribution in [0.5, 0.6) is 0 Å². The fraction of sp³-hybridized carbons (Fsp3) is 0.938. The Morgan fingerprint density at radius 3 is 2.30 bits per heavy atom. The van der Waals surface area contributed by atoms with Gasteiger partial charge in [-0.15, -0.1) is 0 Å². The highest BCUT2D eigenvalue weighted by molar-refractivity contribution is 5.70. The number of aliphatic carboxylic acids is 1. The maximum Gasteiger partial charge on any atom is 0.306 e. The molecule has 0 bridgehead atoms. The van der Waals surface area contributed by atoms with Gasteiger partial charge in [-0.3, -0.25) is 4.79 Å². The van der Waals surface area contributed by atoms with E-state index < -0.39 is 11.6 Å². The predicted molar refractivity (Wildman–Crippen MR) is 78.6 cm³/mol. The van der Waals surface area contributed by atoms with Crippen molar-refractivity contribution in [1.29, 1.82) is 0 Å². The topological polar surface area (TPSA) is 60.8 Å². The quantitative estimate of drug-likeness (QED) is 0.814. The second-order valence-electron chi connectivity index (χ2n) is 7.04. The van der Waals surface area contributed by atoms with Crippen LogP contribution in [0.3, 0.4) is 0 Å². The van der Waals surface area contributed by atoms with Crippen molar-refractivity contribution in [3.8, 4) is 0 Å². The van der Waals surface area contributed by atoms with Crippen molar-refractivity contribution in [2.75, 3.05) is 20.1 Å². The highest BCUT2D eigenvalue weighted by atomic mass is 16.4. The van der Waals surface area contributed by atoms with Crippen molar-refractivity contribution < 1.29 is 15.0 Å². The molecule has 0 atom stereocenters. The summed E-state index contributed by atoms with van der Waals surface area (Å²) in [5.41, 5.74) is -0.671. The smallest absolute Gasteiger partial charge is 0.306 e. The first-order valence-corrected chi connectivity index (χ1v) is 8.12. The molecule has 4 heteroatoms. The summed E-state index contributed by atoms with van der Waals surface area (Å²) in [6.45, 7) is 1.76. The van der Waals surface area contributed by atoms with E-state index in [9.17, 15) is 9.90 Å². The number of aliphatic hydroxyl groups is 1. The molecule has 116 valence electrons. The van der Waals surface area contributed by atoms with Crippen molar-refractivity contribution in [3.05, 3.63) is 0 Å². The van der Waals surface area contributed by atoms with E-state index in [4.69, 9.17) is 5.11 Å². The average Bonchev–Trinajstić information content (AvgIpc) is 2.39. The van der Waals surface area contributed by atoms with E-state index >= 15 is 0 Å². The molecule has 2 saturated carbocycles. The maximum atomic E-state index is 11.0. The van der Waals surface area contributed by atoms with Crippen LogP contribution in [0.25, 0.3) is 0 Å². The van der Waals surface area contributed by atoms with Gasteiger partial charge in [-0.2, -0.15) is 0 Å². The van der Waals surface area contributed by atoms with Gasteiger partial charge in [-0.1, -0.05) is 19.3 Å². The molecule has 0 aliphatic heterocycles. The molecule has 20 heavy (non-hydrogen) atoms. The number of hydrogen-bond acceptors (Lipinski definition) is 3. The van der Waals surface area contributed by atoms with Gasteiger partial charge in [0.2, 0.25) is 0 Å². The second kappa shape index (κ2) is 6.90. The molecule has 2 aliphatic carbocycles. The summed E-state index contributed by atoms with van der Waals surface area (Å²) in [5, 5.41) is 19.7. The van der Waals surface area contributed by atoms with Crippen LogP contribution in [0.4, 0.5) is 0 Å². The minimum Gasteiger partial charge on any atom is -0.481 e. The molecule has 0 radical (unpaired) electrons. The van der Waals surface area contributed by atoms with Gasteiger partial charge in [-0.05, 0) is 51.5 Å². The fourth-order valence-corrected chi connectivity index (χ4v) is 3.94. The lowest BCUT2D eigenvalue weighted by Gasteiger charge is -2.38. The first-order valence-electron chi connectivity index (χ1n) is 8.12. The molecule has 4 nitrogen and oxygen atoms in total. The lowest BCUT2D eigenvalue weighted by Crippen LogP contribution is -2.46. The highest BCUT2D eigenvalue weighted by Gasteiger charge is 2.36. The molecule has 0 amide bonds. The molecule has 0 heterocycles. The van der Waals surface area contributed by atoms with Gasteiger partial charge >= 0.3 is 5.97 Å². The van der Waals surface area contributed by atoms with E-state index in [2.05, 4.69) is 11.9 Å². The van der Waals surface area contributed by atoms with Gasteiger partial charge in [0.15, 0.2) is 0 Å². The summed E-state index contributed by atoms with van der Waals surface area (Å²) in [6, 6.07) is 0. The molecule has 0 aromatic carbocycles. The number of rotatable bonds is 5. The van der Waals surface area contributed by atoms with Crippen LogP contribution in [-0.2, 0) is 4.79 Å². The van der Waals surface area contributed by atoms with Gasteiger partial charge in [0.25, 0.3) is 0 Å². The van der Waals surface area contributed by atoms with Crippen molar-refractivity contribution in [2.45, 2.75) is 63.4 Å². The zero-order valence-corrected chi connectivity index (χ0v) is 12.7. The normalized spacial score (nSPS) is 32.5. The predicted octanol–water partition coefficient (Wildman–Crippen LogP) is 2.50. The minimum atomic E-state index is -0.706. The molecule has 0 spiro atoms. The zero-order valence-electron chi connectivity index (χ0n) is 12.7. The van der Waals surface area contributed by atoms with Gasteiger partial charge in [0, 0.05) is 13.1 Å². The van der Waals surface area contributed by atoms with E-state index in [0.29, 0.717) is 32.2 Å². The first kappa shape index (κ1) is 15.8. The van der Waals surface area contributed by atoms with Crippen molar-refractivity contribution in [2.24, 2.45) is 11.8 Å². The van der Waals surface area contributed by atoms with Crippen molar-refractivity contribution in [3.63, 3.8) is 0 Å². The molecule has 0 unspecified atom stereocenters. The average molecular weight is 283 g/mol. The zero-order chi connectivity index (χ0) is 14.6. The summed E-state index contributed by atoms with van der Waals surface area (Å²) in [5.74, 6) is -0.172. The van der Waals surface area contributed by atoms with Crippen LogP contribution in [0, 0.1) is 11.8 Å². The Kier molecular flexibility index (Phi) is 5.44. The Balaban J connectivity index is 1.75. The number of carboxylic acids is 1. The van der Waals surface area contributed by atoms with Gasteiger partial charge in [0.1, 0.15) is 0 Å². The number of carbonyl (C=O) groups is 1. The molecule has 0 saturated heterocycles. The Labute approximate surface area is 122 Å². The summed E-state index contributed by atoms with van der Waals surface area (Å²) in [6.07, 6.45) is 9.20. The SMILES string of the molecule is CN(CC1CCCCC1)CC1(O)CCC(C(=O)O)CC1. The van der Waals surface area contributed by atoms with Crippen LogP contribution in [-0.4, -0.2) is 46.8 Å². The Morgan fingerprint density at radius 2 is 1.75 bits per heavy atom. The number of carboxylic acid groups (broad SMARTS) is 1. The summed E-state index contributed by atoms with van der Waals surface area (Å²) in [7, 11) is 2.09. The summed E-state index contributed by atoms with van der Waals surface area (Å²) >= 11 is 0. The number of hydrogen-bond donors (Lipinski definition) is 2. The van der Waals surface area contributed by atoms with Gasteiger partial charge < -0.3 is 15.1 Å². The fourth-order valence-electron chi connectivity index (χ4n) is 3.94. The summed E-state index contributed by atoms with van der Waals surface area (Å²) in [4.78, 5) is 13.2. The lowest BCUT2D eigenvalue weighted by molar-refractivity contribution is -0.145. The van der Waals surface area contributed by atoms with E-state index in [0.717, 1.165) is 12.5 Å². The van der Waals surface area contributed by atoms with E-state index in [1.165, 1.54) is 32.1 Å². The Bertz CT molecular complexity index is 318. The van der Waals surface area contributed by atoms with Gasteiger partial charge in [0.05, 0.1) is 11.5 Å². The Hall–Kier alpha value is -0.610. The monoisotopic (exact) mass is 283 g/mol. The largest absolute Gasteiger partial charge is 0.481 e. The van der Waals surface area contributed by atoms with Crippen LogP contribution < -0.4 is 0 Å². The minimum absolute atomic E-state index is 0.251. The number of nitrogens with zero attached hydrogens (tertiary/aromatic N) is 1. The van der Waals surface area contributed by atoms with Crippen LogP contribution in [0.15, 0.2) is 0 Å². The molecule has 2 rings (SSSR count). The van der Waals surface area contributed by atoms with Crippen LogP contribution >= 0.6 is 0 Å². The third-order valence-electron chi connectivity index (χ3n) is 5.12. The molecule has 2 fully saturated rings. The second-order valence-corrected chi connectivity index (χ2v) is 7.04. The number of likely N-dealkylation sites (N-methyl/N-ethyl adjacent to an activating group) is 1. The highest BCUT2D eigenvalue weighted by Crippen LogP contribution is 2.33. The van der Waals surface area contributed by atoms with Crippen molar-refractivity contribution >= 4 is 5.97 Å².